The molecule has 1 aliphatic heterocycles. The van der Waals surface area contributed by atoms with E-state index in [9.17, 15) is 23.4 Å². The lowest BCUT2D eigenvalue weighted by atomic mass is 9.81. The van der Waals surface area contributed by atoms with Gasteiger partial charge in [0, 0.05) is 17.2 Å². The van der Waals surface area contributed by atoms with Crippen molar-refractivity contribution in [3.8, 4) is 17.2 Å². The predicted octanol–water partition coefficient (Wildman–Crippen LogP) is 10.2. The molecule has 2 fully saturated rings. The molecule has 4 amide bonds. The van der Waals surface area contributed by atoms with E-state index >= 15 is 0 Å². The molecule has 57 heavy (non-hydrogen) atoms. The second kappa shape index (κ2) is 22.8. The Morgan fingerprint density at radius 3 is 1.95 bits per heavy atom. The molecule has 1 saturated carbocycles. The molecule has 0 bridgehead atoms. The minimum absolute atomic E-state index is 0.172. The lowest BCUT2D eigenvalue weighted by molar-refractivity contribution is -0.145. The standard InChI is InChI=1S/C44H66N4O8S/c1-6-7-8-9-10-11-12-13-14-15-16-17-18-22-31-55-57(53)47-33-23-25-34(26-24-33)56-37-28-27-35(54-5)32-36(37)45-40(50)38(39(49)43(2,3)4)48-41(51)44(46-42(48)52)29-20-19-21-30-44/h23-28,32,38,47H,6-22,29-31H2,1-5H3,(H,45,50)(H,46,52). The molecule has 2 unspecified atom stereocenters. The molecule has 2 aromatic rings. The molecule has 1 aliphatic carbocycles. The molecule has 0 radical (unpaired) electrons. The predicted molar refractivity (Wildman–Crippen MR) is 226 cm³/mol. The van der Waals surface area contributed by atoms with E-state index < -0.39 is 51.9 Å². The first-order chi connectivity index (χ1) is 27.4. The van der Waals surface area contributed by atoms with Crippen LogP contribution in [0.25, 0.3) is 0 Å². The van der Waals surface area contributed by atoms with Gasteiger partial charge in [0.1, 0.15) is 17.0 Å². The second-order valence-electron chi connectivity index (χ2n) is 16.5. The Morgan fingerprint density at radius 2 is 1.39 bits per heavy atom. The summed E-state index contributed by atoms with van der Waals surface area (Å²) in [5.41, 5.74) is -1.42. The van der Waals surface area contributed by atoms with Crippen LogP contribution in [0.4, 0.5) is 16.2 Å². The van der Waals surface area contributed by atoms with Gasteiger partial charge in [-0.05, 0) is 55.7 Å². The van der Waals surface area contributed by atoms with Crippen LogP contribution >= 0.6 is 0 Å². The highest BCUT2D eigenvalue weighted by atomic mass is 32.2. The molecule has 1 spiro atoms. The Morgan fingerprint density at radius 1 is 0.825 bits per heavy atom. The number of imide groups is 1. The molecular formula is C44H66N4O8S. The Kier molecular flexibility index (Phi) is 18.3. The van der Waals surface area contributed by atoms with Gasteiger partial charge in [0.05, 0.1) is 19.4 Å². The summed E-state index contributed by atoms with van der Waals surface area (Å²) < 4.78 is 32.4. The lowest BCUT2D eigenvalue weighted by Gasteiger charge is -2.32. The average molecular weight is 811 g/mol. The first-order valence-electron chi connectivity index (χ1n) is 21.2. The summed E-state index contributed by atoms with van der Waals surface area (Å²) in [5.74, 6) is -0.935. The molecule has 2 atom stereocenters. The van der Waals surface area contributed by atoms with Crippen molar-refractivity contribution in [3.05, 3.63) is 42.5 Å². The van der Waals surface area contributed by atoms with Crippen LogP contribution in [0, 0.1) is 5.41 Å². The number of urea groups is 1. The van der Waals surface area contributed by atoms with E-state index in [-0.39, 0.29) is 11.4 Å². The number of ketones is 1. The van der Waals surface area contributed by atoms with Crippen molar-refractivity contribution in [3.63, 3.8) is 0 Å². The quantitative estimate of drug-likeness (QED) is 0.0509. The fourth-order valence-corrected chi connectivity index (χ4v) is 8.09. The molecule has 13 heteroatoms. The number of carbonyl (C=O) groups excluding carboxylic acids is 4. The molecule has 3 N–H and O–H groups in total. The smallest absolute Gasteiger partial charge is 0.326 e. The van der Waals surface area contributed by atoms with Crippen LogP contribution in [-0.2, 0) is 29.8 Å². The summed E-state index contributed by atoms with van der Waals surface area (Å²) in [4.78, 5) is 55.8. The third kappa shape index (κ3) is 13.8. The molecule has 2 aliphatic rings. The molecule has 0 aromatic heterocycles. The van der Waals surface area contributed by atoms with Gasteiger partial charge in [-0.3, -0.25) is 23.3 Å². The fraction of sp³-hybridized carbons (Fsp3) is 0.636. The molecule has 2 aromatic carbocycles. The summed E-state index contributed by atoms with van der Waals surface area (Å²) >= 11 is -1.71. The van der Waals surface area contributed by atoms with Crippen molar-refractivity contribution >= 4 is 46.3 Å². The van der Waals surface area contributed by atoms with Gasteiger partial charge in [-0.25, -0.2) is 13.9 Å². The molecule has 1 heterocycles. The van der Waals surface area contributed by atoms with E-state index in [2.05, 4.69) is 22.3 Å². The van der Waals surface area contributed by atoms with Crippen molar-refractivity contribution in [2.75, 3.05) is 23.8 Å². The molecular weight excluding hydrogens is 745 g/mol. The van der Waals surface area contributed by atoms with Crippen molar-refractivity contribution in [2.24, 2.45) is 5.41 Å². The van der Waals surface area contributed by atoms with Crippen LogP contribution in [-0.4, -0.2) is 58.0 Å². The van der Waals surface area contributed by atoms with Crippen LogP contribution in [0.5, 0.6) is 17.2 Å². The third-order valence-corrected chi connectivity index (χ3v) is 11.6. The third-order valence-electron chi connectivity index (χ3n) is 10.8. The number of nitrogens with zero attached hydrogens (tertiary/aromatic N) is 1. The van der Waals surface area contributed by atoms with Crippen molar-refractivity contribution in [1.29, 1.82) is 0 Å². The van der Waals surface area contributed by atoms with E-state index in [1.165, 1.54) is 83.8 Å². The van der Waals surface area contributed by atoms with Gasteiger partial charge in [-0.15, -0.1) is 0 Å². The summed E-state index contributed by atoms with van der Waals surface area (Å²) in [6.07, 6.45) is 21.1. The van der Waals surface area contributed by atoms with Crippen LogP contribution in [0.15, 0.2) is 42.5 Å². The Bertz CT molecular complexity index is 1640. The average Bonchev–Trinajstić information content (AvgIpc) is 3.41. The monoisotopic (exact) mass is 810 g/mol. The topological polar surface area (TPSA) is 152 Å². The van der Waals surface area contributed by atoms with Crippen LogP contribution in [0.1, 0.15) is 150 Å². The highest BCUT2D eigenvalue weighted by Gasteiger charge is 2.57. The SMILES string of the molecule is CCCCCCCCCCCCCCCCOS(=O)Nc1ccc(Oc2ccc(OC)cc2NC(=O)C(C(=O)C(C)(C)C)N2C(=O)NC3(CCCCC3)C2=O)cc1. The van der Waals surface area contributed by atoms with Gasteiger partial charge in [-0.1, -0.05) is 130 Å². The number of carbonyl (C=O) groups is 4. The van der Waals surface area contributed by atoms with Gasteiger partial charge in [0.2, 0.25) is 0 Å². The highest BCUT2D eigenvalue weighted by Crippen LogP contribution is 2.37. The van der Waals surface area contributed by atoms with Crippen molar-refractivity contribution in [1.82, 2.24) is 10.2 Å². The van der Waals surface area contributed by atoms with Gasteiger partial charge >= 0.3 is 6.03 Å². The zero-order valence-corrected chi connectivity index (χ0v) is 35.7. The maximum Gasteiger partial charge on any atom is 0.326 e. The first kappa shape index (κ1) is 45.7. The Hall–Kier alpha value is -3.97. The number of rotatable bonds is 25. The number of ether oxygens (including phenoxy) is 2. The largest absolute Gasteiger partial charge is 0.497 e. The number of amides is 4. The zero-order valence-electron chi connectivity index (χ0n) is 34.9. The fourth-order valence-electron chi connectivity index (χ4n) is 7.43. The lowest BCUT2D eigenvalue weighted by Crippen LogP contribution is -2.56. The zero-order chi connectivity index (χ0) is 41.3. The molecule has 12 nitrogen and oxygen atoms in total. The van der Waals surface area contributed by atoms with Gasteiger partial charge in [0.25, 0.3) is 23.1 Å². The minimum Gasteiger partial charge on any atom is -0.497 e. The van der Waals surface area contributed by atoms with Crippen LogP contribution < -0.4 is 24.8 Å². The maximum absolute atomic E-state index is 14.1. The Labute approximate surface area is 342 Å². The van der Waals surface area contributed by atoms with E-state index in [0.29, 0.717) is 36.6 Å². The number of benzene rings is 2. The van der Waals surface area contributed by atoms with E-state index in [4.69, 9.17) is 13.7 Å². The van der Waals surface area contributed by atoms with Gasteiger partial charge in [0.15, 0.2) is 17.6 Å². The summed E-state index contributed by atoms with van der Waals surface area (Å²) in [6, 6.07) is 9.07. The second-order valence-corrected chi connectivity index (χ2v) is 17.4. The molecule has 1 saturated heterocycles. The van der Waals surface area contributed by atoms with E-state index in [1.807, 2.05) is 0 Å². The number of hydrogen-bond acceptors (Lipinski definition) is 8. The first-order valence-corrected chi connectivity index (χ1v) is 22.2. The summed E-state index contributed by atoms with van der Waals surface area (Å²) in [6.45, 7) is 7.60. The van der Waals surface area contributed by atoms with Gasteiger partial charge < -0.3 is 20.1 Å². The number of methoxy groups -OCH3 is 1. The van der Waals surface area contributed by atoms with Gasteiger partial charge in [-0.2, -0.15) is 0 Å². The Balaban J connectivity index is 1.27. The summed E-state index contributed by atoms with van der Waals surface area (Å²) in [5, 5.41) is 5.56. The normalized spacial score (nSPS) is 16.3. The van der Waals surface area contributed by atoms with E-state index in [1.54, 1.807) is 57.2 Å². The van der Waals surface area contributed by atoms with E-state index in [0.717, 1.165) is 43.4 Å². The van der Waals surface area contributed by atoms with Crippen LogP contribution in [0.2, 0.25) is 0 Å². The maximum atomic E-state index is 14.1. The molecule has 4 rings (SSSR count). The minimum atomic E-state index is -1.71. The van der Waals surface area contributed by atoms with Crippen molar-refractivity contribution < 1.29 is 37.0 Å². The number of Topliss-reactive ketones (excluding diaryl/α,β-unsaturated/α-hetero) is 1. The number of hydrogen-bond donors (Lipinski definition) is 3. The number of unbranched alkanes of at least 4 members (excludes halogenated alkanes) is 13. The van der Waals surface area contributed by atoms with Crippen LogP contribution in [0.3, 0.4) is 0 Å². The highest BCUT2D eigenvalue weighted by molar-refractivity contribution is 7.81. The number of nitrogens with one attached hydrogen (secondary N) is 3. The number of anilines is 2. The van der Waals surface area contributed by atoms with Crippen molar-refractivity contribution in [2.45, 2.75) is 161 Å². The molecule has 316 valence electrons. The summed E-state index contributed by atoms with van der Waals surface area (Å²) in [7, 11) is 1.48.